The Balaban J connectivity index is 2.40. The third-order valence-corrected chi connectivity index (χ3v) is 3.56. The molecule has 0 radical (unpaired) electrons. The molecule has 106 valence electrons. The van der Waals surface area contributed by atoms with E-state index in [2.05, 4.69) is 0 Å². The Morgan fingerprint density at radius 2 is 1.70 bits per heavy atom. The van der Waals surface area contributed by atoms with Gasteiger partial charge in [-0.1, -0.05) is 23.2 Å². The number of anilines is 1. The minimum absolute atomic E-state index is 0.438. The second kappa shape index (κ2) is 5.52. The average Bonchev–Trinajstić information content (AvgIpc) is 2.35. The minimum atomic E-state index is -0.569. The summed E-state index contributed by atoms with van der Waals surface area (Å²) in [7, 11) is 0. The van der Waals surface area contributed by atoms with Gasteiger partial charge in [-0.05, 0) is 44.2 Å². The molecule has 2 aromatic rings. The summed E-state index contributed by atoms with van der Waals surface area (Å²) in [5.74, 6) is 1.24. The molecule has 0 atom stereocenters. The molecule has 0 spiro atoms. The van der Waals surface area contributed by atoms with Crippen LogP contribution in [0.5, 0.6) is 11.5 Å². The topological polar surface area (TPSA) is 61.3 Å². The van der Waals surface area contributed by atoms with Gasteiger partial charge in [-0.3, -0.25) is 0 Å². The lowest BCUT2D eigenvalue weighted by Gasteiger charge is -2.23. The zero-order chi connectivity index (χ0) is 14.9. The van der Waals surface area contributed by atoms with E-state index in [4.69, 9.17) is 39.4 Å². The standard InChI is InChI=1S/C15H16Cl2N2O/c1-15(2,19)11-7-9(18)3-6-14(11)20-10-4-5-12(16)13(17)8-10/h3-8H,18-19H2,1-2H3. The van der Waals surface area contributed by atoms with Crippen molar-refractivity contribution in [3.05, 3.63) is 52.0 Å². The van der Waals surface area contributed by atoms with Crippen molar-refractivity contribution in [2.24, 2.45) is 5.73 Å². The first-order chi connectivity index (χ1) is 9.27. The maximum atomic E-state index is 6.15. The molecule has 4 N–H and O–H groups in total. The van der Waals surface area contributed by atoms with Crippen LogP contribution in [0.4, 0.5) is 5.69 Å². The van der Waals surface area contributed by atoms with Crippen molar-refractivity contribution < 1.29 is 4.74 Å². The van der Waals surface area contributed by atoms with E-state index < -0.39 is 5.54 Å². The van der Waals surface area contributed by atoms with Gasteiger partial charge in [-0.25, -0.2) is 0 Å². The van der Waals surface area contributed by atoms with Gasteiger partial charge >= 0.3 is 0 Å². The molecular weight excluding hydrogens is 295 g/mol. The number of nitrogens with two attached hydrogens (primary N) is 2. The molecule has 0 fully saturated rings. The second-order valence-corrected chi connectivity index (χ2v) is 5.97. The largest absolute Gasteiger partial charge is 0.457 e. The highest BCUT2D eigenvalue weighted by Crippen LogP contribution is 2.35. The van der Waals surface area contributed by atoms with E-state index >= 15 is 0 Å². The fourth-order valence-corrected chi connectivity index (χ4v) is 2.10. The van der Waals surface area contributed by atoms with Crippen LogP contribution in [-0.2, 0) is 5.54 Å². The fourth-order valence-electron chi connectivity index (χ4n) is 1.81. The van der Waals surface area contributed by atoms with Crippen LogP contribution in [0.3, 0.4) is 0 Å². The Morgan fingerprint density at radius 1 is 1.00 bits per heavy atom. The molecule has 0 heterocycles. The third-order valence-electron chi connectivity index (χ3n) is 2.82. The molecule has 0 aliphatic heterocycles. The van der Waals surface area contributed by atoms with Crippen molar-refractivity contribution >= 4 is 28.9 Å². The zero-order valence-corrected chi connectivity index (χ0v) is 12.8. The molecule has 0 saturated heterocycles. The molecule has 5 heteroatoms. The Labute approximate surface area is 128 Å². The summed E-state index contributed by atoms with van der Waals surface area (Å²) in [6.45, 7) is 3.78. The summed E-state index contributed by atoms with van der Waals surface area (Å²) < 4.78 is 5.85. The number of hydrogen-bond acceptors (Lipinski definition) is 3. The van der Waals surface area contributed by atoms with Crippen molar-refractivity contribution in [2.45, 2.75) is 19.4 Å². The number of halogens is 2. The Morgan fingerprint density at radius 3 is 2.30 bits per heavy atom. The average molecular weight is 311 g/mol. The lowest BCUT2D eigenvalue weighted by Crippen LogP contribution is -2.29. The van der Waals surface area contributed by atoms with Crippen LogP contribution in [0.2, 0.25) is 10.0 Å². The SMILES string of the molecule is CC(C)(N)c1cc(N)ccc1Oc1ccc(Cl)c(Cl)c1. The first kappa shape index (κ1) is 15.0. The van der Waals surface area contributed by atoms with Gasteiger partial charge in [0.05, 0.1) is 10.0 Å². The van der Waals surface area contributed by atoms with Gasteiger partial charge in [-0.15, -0.1) is 0 Å². The molecule has 20 heavy (non-hydrogen) atoms. The lowest BCUT2D eigenvalue weighted by atomic mass is 9.94. The van der Waals surface area contributed by atoms with Crippen molar-refractivity contribution in [3.63, 3.8) is 0 Å². The maximum Gasteiger partial charge on any atom is 0.132 e. The second-order valence-electron chi connectivity index (χ2n) is 5.16. The summed E-state index contributed by atoms with van der Waals surface area (Å²) in [5.41, 5.74) is 12.9. The van der Waals surface area contributed by atoms with Crippen molar-refractivity contribution in [1.82, 2.24) is 0 Å². The summed E-state index contributed by atoms with van der Waals surface area (Å²) >= 11 is 11.9. The molecule has 0 amide bonds. The predicted molar refractivity (Wildman–Crippen MR) is 84.6 cm³/mol. The van der Waals surface area contributed by atoms with Gasteiger partial charge in [-0.2, -0.15) is 0 Å². The molecular formula is C15H16Cl2N2O. The highest BCUT2D eigenvalue weighted by molar-refractivity contribution is 6.42. The van der Waals surface area contributed by atoms with E-state index in [1.165, 1.54) is 0 Å². The number of nitrogen functional groups attached to an aromatic ring is 1. The summed E-state index contributed by atoms with van der Waals surface area (Å²) in [6, 6.07) is 10.5. The van der Waals surface area contributed by atoms with Crippen LogP contribution in [-0.4, -0.2) is 0 Å². The number of benzene rings is 2. The molecule has 2 aromatic carbocycles. The van der Waals surface area contributed by atoms with E-state index in [0.717, 1.165) is 5.56 Å². The highest BCUT2D eigenvalue weighted by Gasteiger charge is 2.20. The van der Waals surface area contributed by atoms with Crippen molar-refractivity contribution in [2.75, 3.05) is 5.73 Å². The molecule has 2 rings (SSSR count). The van der Waals surface area contributed by atoms with E-state index in [-0.39, 0.29) is 0 Å². The fraction of sp³-hybridized carbons (Fsp3) is 0.200. The zero-order valence-electron chi connectivity index (χ0n) is 11.3. The molecule has 0 bridgehead atoms. The van der Waals surface area contributed by atoms with E-state index in [1.54, 1.807) is 30.3 Å². The predicted octanol–water partition coefficient (Wildman–Crippen LogP) is 4.56. The highest BCUT2D eigenvalue weighted by atomic mass is 35.5. The van der Waals surface area contributed by atoms with Gasteiger partial charge in [0.1, 0.15) is 11.5 Å². The molecule has 0 aliphatic carbocycles. The molecule has 3 nitrogen and oxygen atoms in total. The van der Waals surface area contributed by atoms with Crippen LogP contribution in [0.25, 0.3) is 0 Å². The van der Waals surface area contributed by atoms with Gasteiger partial charge in [0.15, 0.2) is 0 Å². The lowest BCUT2D eigenvalue weighted by molar-refractivity contribution is 0.449. The number of ether oxygens (including phenoxy) is 1. The van der Waals surface area contributed by atoms with Crippen molar-refractivity contribution in [1.29, 1.82) is 0 Å². The first-order valence-corrected chi connectivity index (χ1v) is 6.85. The minimum Gasteiger partial charge on any atom is -0.457 e. The molecule has 0 unspecified atom stereocenters. The Kier molecular flexibility index (Phi) is 4.14. The van der Waals surface area contributed by atoms with Gasteiger partial charge in [0.2, 0.25) is 0 Å². The third kappa shape index (κ3) is 3.37. The quantitative estimate of drug-likeness (QED) is 0.817. The molecule has 0 aliphatic rings. The van der Waals surface area contributed by atoms with Crippen LogP contribution in [0, 0.1) is 0 Å². The monoisotopic (exact) mass is 310 g/mol. The first-order valence-electron chi connectivity index (χ1n) is 6.09. The van der Waals surface area contributed by atoms with Crippen molar-refractivity contribution in [3.8, 4) is 11.5 Å². The summed E-state index contributed by atoms with van der Waals surface area (Å²) in [5, 5.41) is 0.920. The maximum absolute atomic E-state index is 6.15. The van der Waals surface area contributed by atoms with Crippen LogP contribution < -0.4 is 16.2 Å². The van der Waals surface area contributed by atoms with Gasteiger partial charge in [0, 0.05) is 22.9 Å². The van der Waals surface area contributed by atoms with Crippen LogP contribution in [0.15, 0.2) is 36.4 Å². The van der Waals surface area contributed by atoms with Gasteiger partial charge in [0.25, 0.3) is 0 Å². The summed E-state index contributed by atoms with van der Waals surface area (Å²) in [4.78, 5) is 0. The smallest absolute Gasteiger partial charge is 0.132 e. The van der Waals surface area contributed by atoms with Gasteiger partial charge < -0.3 is 16.2 Å². The van der Waals surface area contributed by atoms with E-state index in [0.29, 0.717) is 27.2 Å². The van der Waals surface area contributed by atoms with E-state index in [9.17, 15) is 0 Å². The number of hydrogen-bond donors (Lipinski definition) is 2. The molecule has 0 aromatic heterocycles. The Hall–Kier alpha value is -1.42. The molecule has 0 saturated carbocycles. The van der Waals surface area contributed by atoms with Crippen LogP contribution >= 0.6 is 23.2 Å². The normalized spacial score (nSPS) is 11.4. The number of rotatable bonds is 3. The summed E-state index contributed by atoms with van der Waals surface area (Å²) in [6.07, 6.45) is 0. The van der Waals surface area contributed by atoms with Crippen LogP contribution in [0.1, 0.15) is 19.4 Å². The van der Waals surface area contributed by atoms with E-state index in [1.807, 2.05) is 19.9 Å². The Bertz CT molecular complexity index is 636.